The Morgan fingerprint density at radius 3 is 2.57 bits per heavy atom. The molecule has 21 heavy (non-hydrogen) atoms. The first-order valence-electron chi connectivity index (χ1n) is 7.75. The number of aliphatic carboxylic acids is 1. The molecule has 1 N–H and O–H groups in total. The molecule has 5 nitrogen and oxygen atoms in total. The predicted octanol–water partition coefficient (Wildman–Crippen LogP) is 2.83. The van der Waals surface area contributed by atoms with E-state index in [1.54, 1.807) is 6.26 Å². The molecule has 5 heteroatoms. The van der Waals surface area contributed by atoms with Crippen LogP contribution in [0.4, 0.5) is 0 Å². The maximum atomic E-state index is 12.8. The van der Waals surface area contributed by atoms with E-state index in [0.29, 0.717) is 19.4 Å². The summed E-state index contributed by atoms with van der Waals surface area (Å²) in [5.41, 5.74) is 0. The highest BCUT2D eigenvalue weighted by molar-refractivity contribution is 5.86. The lowest BCUT2D eigenvalue weighted by molar-refractivity contribution is -0.158. The molecule has 1 aliphatic heterocycles. The first-order chi connectivity index (χ1) is 10.2. The van der Waals surface area contributed by atoms with Gasteiger partial charge in [-0.1, -0.05) is 12.8 Å². The first-order valence-corrected chi connectivity index (χ1v) is 7.75. The Labute approximate surface area is 123 Å². The minimum Gasteiger partial charge on any atom is -0.481 e. The van der Waals surface area contributed by atoms with Gasteiger partial charge in [0.05, 0.1) is 24.1 Å². The summed E-state index contributed by atoms with van der Waals surface area (Å²) in [6.45, 7) is 0.701. The molecule has 0 radical (unpaired) electrons. The maximum absolute atomic E-state index is 12.8. The third kappa shape index (κ3) is 2.69. The third-order valence-corrected chi connectivity index (χ3v) is 4.82. The molecular weight excluding hydrogens is 270 g/mol. The molecule has 2 fully saturated rings. The molecule has 1 saturated carbocycles. The van der Waals surface area contributed by atoms with Crippen molar-refractivity contribution in [2.45, 2.75) is 44.6 Å². The Morgan fingerprint density at radius 2 is 1.95 bits per heavy atom. The van der Waals surface area contributed by atoms with Gasteiger partial charge in [-0.05, 0) is 37.8 Å². The second-order valence-corrected chi connectivity index (χ2v) is 6.04. The Bertz CT molecular complexity index is 510. The van der Waals surface area contributed by atoms with E-state index in [4.69, 9.17) is 9.52 Å². The van der Waals surface area contributed by atoms with Crippen molar-refractivity contribution in [1.29, 1.82) is 0 Å². The van der Waals surface area contributed by atoms with Crippen molar-refractivity contribution < 1.29 is 19.1 Å². The Morgan fingerprint density at radius 1 is 1.14 bits per heavy atom. The van der Waals surface area contributed by atoms with E-state index >= 15 is 0 Å². The van der Waals surface area contributed by atoms with Crippen LogP contribution in [0, 0.1) is 11.8 Å². The summed E-state index contributed by atoms with van der Waals surface area (Å²) < 4.78 is 5.50. The maximum Gasteiger partial charge on any atom is 0.307 e. The number of hydrogen-bond donors (Lipinski definition) is 1. The fourth-order valence-electron chi connectivity index (χ4n) is 3.45. The van der Waals surface area contributed by atoms with Gasteiger partial charge < -0.3 is 14.4 Å². The number of nitrogens with zero attached hydrogens (tertiary/aromatic N) is 1. The molecule has 3 rings (SSSR count). The number of rotatable bonds is 3. The zero-order valence-electron chi connectivity index (χ0n) is 12.0. The highest BCUT2D eigenvalue weighted by Gasteiger charge is 2.44. The van der Waals surface area contributed by atoms with Gasteiger partial charge in [-0.3, -0.25) is 9.59 Å². The molecule has 2 heterocycles. The van der Waals surface area contributed by atoms with E-state index < -0.39 is 11.9 Å². The van der Waals surface area contributed by atoms with Crippen molar-refractivity contribution in [2.24, 2.45) is 11.8 Å². The molecule has 1 aromatic heterocycles. The summed E-state index contributed by atoms with van der Waals surface area (Å²) in [5.74, 6) is -0.881. The van der Waals surface area contributed by atoms with Crippen LogP contribution in [0.5, 0.6) is 0 Å². The largest absolute Gasteiger partial charge is 0.481 e. The summed E-state index contributed by atoms with van der Waals surface area (Å²) in [6.07, 6.45) is 6.99. The van der Waals surface area contributed by atoms with E-state index in [-0.39, 0.29) is 17.9 Å². The minimum absolute atomic E-state index is 0.00282. The van der Waals surface area contributed by atoms with E-state index in [0.717, 1.165) is 31.4 Å². The van der Waals surface area contributed by atoms with Crippen LogP contribution in [0.25, 0.3) is 0 Å². The third-order valence-electron chi connectivity index (χ3n) is 4.82. The van der Waals surface area contributed by atoms with Crippen LogP contribution in [0.3, 0.4) is 0 Å². The number of carboxylic acids is 1. The molecule has 0 aromatic carbocycles. The normalized spacial score (nSPS) is 29.5. The van der Waals surface area contributed by atoms with Gasteiger partial charge in [0, 0.05) is 6.54 Å². The summed E-state index contributed by atoms with van der Waals surface area (Å²) >= 11 is 0. The standard InChI is InChI=1S/C16H21NO4/c18-15(11-7-8-12(11)16(19)20)17-9-3-1-2-5-13(17)14-6-4-10-21-14/h4,6,10-13H,1-3,5,7-9H2,(H,19,20). The Hall–Kier alpha value is -1.78. The number of amides is 1. The topological polar surface area (TPSA) is 70.8 Å². The molecule has 0 bridgehead atoms. The Balaban J connectivity index is 1.79. The molecular formula is C16H21NO4. The van der Waals surface area contributed by atoms with Gasteiger partial charge in [0.25, 0.3) is 0 Å². The van der Waals surface area contributed by atoms with Crippen molar-refractivity contribution in [3.05, 3.63) is 24.2 Å². The van der Waals surface area contributed by atoms with Crippen LogP contribution in [0.1, 0.15) is 50.3 Å². The highest BCUT2D eigenvalue weighted by atomic mass is 16.4. The van der Waals surface area contributed by atoms with Crippen LogP contribution >= 0.6 is 0 Å². The van der Waals surface area contributed by atoms with Crippen LogP contribution in [0.15, 0.2) is 22.8 Å². The number of furan rings is 1. The molecule has 0 spiro atoms. The molecule has 1 amide bonds. The zero-order valence-corrected chi connectivity index (χ0v) is 12.0. The van der Waals surface area contributed by atoms with Crippen LogP contribution in [-0.4, -0.2) is 28.4 Å². The number of likely N-dealkylation sites (tertiary alicyclic amines) is 1. The van der Waals surface area contributed by atoms with Gasteiger partial charge in [0.2, 0.25) is 5.91 Å². The zero-order chi connectivity index (χ0) is 14.8. The van der Waals surface area contributed by atoms with Crippen molar-refractivity contribution in [1.82, 2.24) is 4.90 Å². The molecule has 1 saturated heterocycles. The van der Waals surface area contributed by atoms with Crippen LogP contribution in [-0.2, 0) is 9.59 Å². The van der Waals surface area contributed by atoms with Gasteiger partial charge in [-0.2, -0.15) is 0 Å². The van der Waals surface area contributed by atoms with E-state index in [9.17, 15) is 9.59 Å². The van der Waals surface area contributed by atoms with Gasteiger partial charge in [0.15, 0.2) is 0 Å². The SMILES string of the molecule is O=C(O)C1CCC1C(=O)N1CCCCCC1c1ccco1. The van der Waals surface area contributed by atoms with Crippen molar-refractivity contribution in [3.8, 4) is 0 Å². The molecule has 3 unspecified atom stereocenters. The lowest BCUT2D eigenvalue weighted by atomic mass is 9.72. The average molecular weight is 291 g/mol. The van der Waals surface area contributed by atoms with E-state index in [1.165, 1.54) is 0 Å². The van der Waals surface area contributed by atoms with Gasteiger partial charge in [-0.15, -0.1) is 0 Å². The fraction of sp³-hybridized carbons (Fsp3) is 0.625. The van der Waals surface area contributed by atoms with Gasteiger partial charge >= 0.3 is 5.97 Å². The number of hydrogen-bond acceptors (Lipinski definition) is 3. The van der Waals surface area contributed by atoms with Crippen molar-refractivity contribution in [3.63, 3.8) is 0 Å². The predicted molar refractivity (Wildman–Crippen MR) is 75.5 cm³/mol. The highest BCUT2D eigenvalue weighted by Crippen LogP contribution is 2.39. The lowest BCUT2D eigenvalue weighted by Crippen LogP contribution is -2.47. The molecule has 2 aliphatic rings. The van der Waals surface area contributed by atoms with Gasteiger partial charge in [0.1, 0.15) is 5.76 Å². The summed E-state index contributed by atoms with van der Waals surface area (Å²) in [5, 5.41) is 9.17. The van der Waals surface area contributed by atoms with Crippen molar-refractivity contribution in [2.75, 3.05) is 6.54 Å². The number of carbonyl (C=O) groups is 2. The molecule has 1 aliphatic carbocycles. The number of carboxylic acid groups (broad SMARTS) is 1. The second-order valence-electron chi connectivity index (χ2n) is 6.04. The first kappa shape index (κ1) is 14.2. The number of carbonyl (C=O) groups excluding carboxylic acids is 1. The van der Waals surface area contributed by atoms with Crippen LogP contribution < -0.4 is 0 Å². The quantitative estimate of drug-likeness (QED) is 0.929. The van der Waals surface area contributed by atoms with Crippen molar-refractivity contribution >= 4 is 11.9 Å². The Kier molecular flexibility index (Phi) is 3.99. The van der Waals surface area contributed by atoms with E-state index in [2.05, 4.69) is 0 Å². The lowest BCUT2D eigenvalue weighted by Gasteiger charge is -2.38. The average Bonchev–Trinajstić information content (AvgIpc) is 2.81. The molecule has 114 valence electrons. The smallest absolute Gasteiger partial charge is 0.307 e. The summed E-state index contributed by atoms with van der Waals surface area (Å²) in [4.78, 5) is 25.8. The minimum atomic E-state index is -0.844. The fourth-order valence-corrected chi connectivity index (χ4v) is 3.45. The monoisotopic (exact) mass is 291 g/mol. The van der Waals surface area contributed by atoms with Crippen LogP contribution in [0.2, 0.25) is 0 Å². The summed E-state index contributed by atoms with van der Waals surface area (Å²) in [6, 6.07) is 3.71. The van der Waals surface area contributed by atoms with E-state index in [1.807, 2.05) is 17.0 Å². The molecule has 3 atom stereocenters. The van der Waals surface area contributed by atoms with Gasteiger partial charge in [-0.25, -0.2) is 0 Å². The summed E-state index contributed by atoms with van der Waals surface area (Å²) in [7, 11) is 0. The molecule has 1 aromatic rings. The second kappa shape index (κ2) is 5.92.